The third kappa shape index (κ3) is 3.52. The van der Waals surface area contributed by atoms with Crippen LogP contribution in [0, 0.1) is 6.07 Å². The summed E-state index contributed by atoms with van der Waals surface area (Å²) in [5, 5.41) is 0. The maximum atomic E-state index is 5.66. The van der Waals surface area contributed by atoms with E-state index in [1.165, 1.54) is 0 Å². The Hall–Kier alpha value is -1.96. The van der Waals surface area contributed by atoms with Gasteiger partial charge in [-0.05, 0) is 48.9 Å². The van der Waals surface area contributed by atoms with Gasteiger partial charge < -0.3 is 9.47 Å². The van der Waals surface area contributed by atoms with Crippen LogP contribution in [0.1, 0.15) is 13.3 Å². The van der Waals surface area contributed by atoms with Crippen LogP contribution in [0.25, 0.3) is 0 Å². The Bertz CT molecular complexity index is 434. The predicted molar refractivity (Wildman–Crippen MR) is 67.6 cm³/mol. The van der Waals surface area contributed by atoms with Crippen molar-refractivity contribution < 1.29 is 9.47 Å². The molecule has 2 aromatic rings. The summed E-state index contributed by atoms with van der Waals surface area (Å²) < 4.78 is 11.2. The standard InChI is InChI=1S/C15H15O2/c1-2-12-16-13-8-10-15(11-9-13)17-14-6-4-3-5-7-14/h4-11H,2,12H2,1H3. The summed E-state index contributed by atoms with van der Waals surface area (Å²) in [7, 11) is 0. The van der Waals surface area contributed by atoms with Crippen LogP contribution < -0.4 is 9.47 Å². The van der Waals surface area contributed by atoms with Gasteiger partial charge in [0.15, 0.2) is 0 Å². The first kappa shape index (κ1) is 11.5. The van der Waals surface area contributed by atoms with Crippen LogP contribution in [0.15, 0.2) is 48.5 Å². The van der Waals surface area contributed by atoms with Crippen LogP contribution in [0.2, 0.25) is 0 Å². The molecule has 0 spiro atoms. The number of hydrogen-bond acceptors (Lipinski definition) is 2. The zero-order chi connectivity index (χ0) is 11.9. The average molecular weight is 227 g/mol. The Morgan fingerprint density at radius 2 is 1.47 bits per heavy atom. The zero-order valence-corrected chi connectivity index (χ0v) is 9.85. The predicted octanol–water partition coefficient (Wildman–Crippen LogP) is 4.07. The van der Waals surface area contributed by atoms with E-state index in [0.29, 0.717) is 0 Å². The maximum absolute atomic E-state index is 5.66. The summed E-state index contributed by atoms with van der Waals surface area (Å²) >= 11 is 0. The number of rotatable bonds is 5. The Labute approximate surface area is 102 Å². The molecule has 2 rings (SSSR count). The molecule has 0 amide bonds. The minimum atomic E-state index is 0.745. The molecule has 0 heterocycles. The molecule has 0 bridgehead atoms. The molecule has 0 N–H and O–H groups in total. The molecule has 0 aromatic heterocycles. The second kappa shape index (κ2) is 5.94. The van der Waals surface area contributed by atoms with Crippen molar-refractivity contribution in [1.82, 2.24) is 0 Å². The molecular weight excluding hydrogens is 212 g/mol. The highest BCUT2D eigenvalue weighted by Gasteiger charge is 1.97. The van der Waals surface area contributed by atoms with Gasteiger partial charge in [-0.2, -0.15) is 0 Å². The third-order valence-corrected chi connectivity index (χ3v) is 2.22. The Balaban J connectivity index is 1.98. The van der Waals surface area contributed by atoms with Gasteiger partial charge in [0.05, 0.1) is 6.61 Å². The summed E-state index contributed by atoms with van der Waals surface area (Å²) in [4.78, 5) is 0. The minimum Gasteiger partial charge on any atom is -0.494 e. The molecule has 0 aliphatic rings. The fraction of sp³-hybridized carbons (Fsp3) is 0.200. The number of hydrogen-bond donors (Lipinski definition) is 0. The lowest BCUT2D eigenvalue weighted by atomic mass is 10.3. The van der Waals surface area contributed by atoms with Crippen molar-refractivity contribution in [3.63, 3.8) is 0 Å². The quantitative estimate of drug-likeness (QED) is 0.766. The Kier molecular flexibility index (Phi) is 4.03. The van der Waals surface area contributed by atoms with Gasteiger partial charge >= 0.3 is 0 Å². The monoisotopic (exact) mass is 227 g/mol. The van der Waals surface area contributed by atoms with Crippen molar-refractivity contribution in [3.8, 4) is 17.2 Å². The minimum absolute atomic E-state index is 0.745. The molecule has 0 aliphatic carbocycles. The topological polar surface area (TPSA) is 18.5 Å². The van der Waals surface area contributed by atoms with Crippen LogP contribution >= 0.6 is 0 Å². The van der Waals surface area contributed by atoms with E-state index in [-0.39, 0.29) is 0 Å². The van der Waals surface area contributed by atoms with Crippen LogP contribution in [0.3, 0.4) is 0 Å². The highest BCUT2D eigenvalue weighted by atomic mass is 16.5. The second-order valence-electron chi connectivity index (χ2n) is 3.66. The first-order valence-electron chi connectivity index (χ1n) is 5.75. The number of ether oxygens (including phenoxy) is 2. The smallest absolute Gasteiger partial charge is 0.127 e. The molecule has 0 unspecified atom stereocenters. The lowest BCUT2D eigenvalue weighted by Crippen LogP contribution is -1.94. The molecule has 0 saturated heterocycles. The van der Waals surface area contributed by atoms with Gasteiger partial charge in [-0.25, -0.2) is 0 Å². The van der Waals surface area contributed by atoms with E-state index in [4.69, 9.17) is 9.47 Å². The first-order chi connectivity index (χ1) is 8.38. The van der Waals surface area contributed by atoms with Crippen molar-refractivity contribution in [2.24, 2.45) is 0 Å². The Morgan fingerprint density at radius 1 is 0.882 bits per heavy atom. The van der Waals surface area contributed by atoms with Gasteiger partial charge in [0.2, 0.25) is 0 Å². The maximum Gasteiger partial charge on any atom is 0.127 e. The zero-order valence-electron chi connectivity index (χ0n) is 9.85. The highest BCUT2D eigenvalue weighted by molar-refractivity contribution is 5.35. The Morgan fingerprint density at radius 3 is 2.12 bits per heavy atom. The van der Waals surface area contributed by atoms with Crippen molar-refractivity contribution in [3.05, 3.63) is 54.6 Å². The van der Waals surface area contributed by atoms with E-state index in [2.05, 4.69) is 13.0 Å². The molecule has 2 nitrogen and oxygen atoms in total. The van der Waals surface area contributed by atoms with E-state index >= 15 is 0 Å². The molecule has 0 atom stereocenters. The van der Waals surface area contributed by atoms with Crippen LogP contribution in [-0.2, 0) is 0 Å². The molecule has 2 aromatic carbocycles. The summed E-state index contributed by atoms with van der Waals surface area (Å²) in [5.41, 5.74) is 0. The molecule has 0 saturated carbocycles. The molecule has 87 valence electrons. The average Bonchev–Trinajstić information content (AvgIpc) is 2.39. The van der Waals surface area contributed by atoms with Gasteiger partial charge in [-0.15, -0.1) is 0 Å². The summed E-state index contributed by atoms with van der Waals surface area (Å²) in [6, 6.07) is 18.0. The molecule has 0 fully saturated rings. The first-order valence-corrected chi connectivity index (χ1v) is 5.75. The molecule has 0 aliphatic heterocycles. The van der Waals surface area contributed by atoms with Crippen molar-refractivity contribution >= 4 is 0 Å². The van der Waals surface area contributed by atoms with E-state index < -0.39 is 0 Å². The largest absolute Gasteiger partial charge is 0.494 e. The lowest BCUT2D eigenvalue weighted by Gasteiger charge is -2.07. The second-order valence-corrected chi connectivity index (χ2v) is 3.66. The third-order valence-electron chi connectivity index (χ3n) is 2.22. The van der Waals surface area contributed by atoms with Crippen LogP contribution in [-0.4, -0.2) is 6.61 Å². The van der Waals surface area contributed by atoms with E-state index in [9.17, 15) is 0 Å². The van der Waals surface area contributed by atoms with Gasteiger partial charge in [-0.3, -0.25) is 0 Å². The fourth-order valence-corrected chi connectivity index (χ4v) is 1.40. The number of benzene rings is 2. The van der Waals surface area contributed by atoms with Crippen molar-refractivity contribution in [2.45, 2.75) is 13.3 Å². The van der Waals surface area contributed by atoms with Gasteiger partial charge in [-0.1, -0.05) is 19.1 Å². The summed E-state index contributed by atoms with van der Waals surface area (Å²) in [6.07, 6.45) is 1.01. The molecular formula is C15H15O2. The van der Waals surface area contributed by atoms with Gasteiger partial charge in [0.25, 0.3) is 0 Å². The SMILES string of the molecule is CCCOc1ccc(Oc2cc[c]cc2)cc1. The van der Waals surface area contributed by atoms with E-state index in [1.54, 1.807) is 0 Å². The van der Waals surface area contributed by atoms with Crippen molar-refractivity contribution in [1.29, 1.82) is 0 Å². The fourth-order valence-electron chi connectivity index (χ4n) is 1.40. The normalized spacial score (nSPS) is 9.94. The molecule has 2 heteroatoms. The molecule has 1 radical (unpaired) electrons. The van der Waals surface area contributed by atoms with Crippen LogP contribution in [0.5, 0.6) is 17.2 Å². The van der Waals surface area contributed by atoms with E-state index in [0.717, 1.165) is 30.3 Å². The summed E-state index contributed by atoms with van der Waals surface area (Å²) in [5.74, 6) is 2.49. The molecule has 17 heavy (non-hydrogen) atoms. The van der Waals surface area contributed by atoms with Crippen molar-refractivity contribution in [2.75, 3.05) is 6.61 Å². The summed E-state index contributed by atoms with van der Waals surface area (Å²) in [6.45, 7) is 2.83. The van der Waals surface area contributed by atoms with Gasteiger partial charge in [0.1, 0.15) is 17.2 Å². The van der Waals surface area contributed by atoms with E-state index in [1.807, 2.05) is 48.5 Å². The van der Waals surface area contributed by atoms with Crippen LogP contribution in [0.4, 0.5) is 0 Å². The van der Waals surface area contributed by atoms with Gasteiger partial charge in [0, 0.05) is 0 Å². The highest BCUT2D eigenvalue weighted by Crippen LogP contribution is 2.23. The lowest BCUT2D eigenvalue weighted by molar-refractivity contribution is 0.317.